The fourth-order valence-electron chi connectivity index (χ4n) is 1.55. The lowest BCUT2D eigenvalue weighted by Crippen LogP contribution is -2.29. The van der Waals surface area contributed by atoms with E-state index in [4.69, 9.17) is 10.3 Å². The molecule has 3 N–H and O–H groups in total. The van der Waals surface area contributed by atoms with Crippen LogP contribution in [0.25, 0.3) is 0 Å². The maximum Gasteiger partial charge on any atom is 0.294 e. The zero-order valence-corrected chi connectivity index (χ0v) is 10.7. The van der Waals surface area contributed by atoms with Crippen LogP contribution in [0.1, 0.15) is 21.3 Å². The van der Waals surface area contributed by atoms with Crippen molar-refractivity contribution in [3.63, 3.8) is 0 Å². The van der Waals surface area contributed by atoms with Crippen LogP contribution >= 0.6 is 11.3 Å². The van der Waals surface area contributed by atoms with Gasteiger partial charge in [-0.3, -0.25) is 15.1 Å². The second-order valence-corrected chi connectivity index (χ2v) is 4.73. The van der Waals surface area contributed by atoms with Crippen LogP contribution in [0.3, 0.4) is 0 Å². The van der Waals surface area contributed by atoms with Crippen molar-refractivity contribution in [2.75, 3.05) is 7.05 Å². The molecule has 18 heavy (non-hydrogen) atoms. The lowest BCUT2D eigenvalue weighted by Gasteiger charge is -2.12. The third-order valence-corrected chi connectivity index (χ3v) is 3.20. The molecule has 0 atom stereocenters. The van der Waals surface area contributed by atoms with Gasteiger partial charge in [0.05, 0.1) is 18.5 Å². The van der Waals surface area contributed by atoms with Crippen molar-refractivity contribution in [2.24, 2.45) is 5.84 Å². The molecule has 0 fully saturated rings. The summed E-state index contributed by atoms with van der Waals surface area (Å²) in [5.41, 5.74) is 2.91. The third kappa shape index (κ3) is 3.16. The number of hydrazine groups is 1. The second kappa shape index (κ2) is 5.76. The molecule has 0 aromatic carbocycles. The third-order valence-electron chi connectivity index (χ3n) is 2.31. The quantitative estimate of drug-likeness (QED) is 0.478. The van der Waals surface area contributed by atoms with Gasteiger partial charge < -0.3 is 4.42 Å². The number of carbonyl (C=O) groups is 1. The number of amides is 1. The number of thiazole rings is 1. The van der Waals surface area contributed by atoms with Gasteiger partial charge in [-0.25, -0.2) is 10.8 Å². The average Bonchev–Trinajstić information content (AvgIpc) is 2.99. The van der Waals surface area contributed by atoms with Crippen molar-refractivity contribution in [2.45, 2.75) is 13.1 Å². The van der Waals surface area contributed by atoms with Crippen LogP contribution in [0.15, 0.2) is 28.2 Å². The summed E-state index contributed by atoms with van der Waals surface area (Å²) >= 11 is 1.28. The monoisotopic (exact) mass is 266 g/mol. The van der Waals surface area contributed by atoms with Gasteiger partial charge in [-0.15, -0.1) is 11.3 Å². The first-order valence-electron chi connectivity index (χ1n) is 5.35. The summed E-state index contributed by atoms with van der Waals surface area (Å²) in [6, 6.07) is 3.78. The summed E-state index contributed by atoms with van der Waals surface area (Å²) in [7, 11) is 1.96. The Bertz CT molecular complexity index is 509. The molecule has 2 heterocycles. The summed E-state index contributed by atoms with van der Waals surface area (Å²) in [6.45, 7) is 1.35. The lowest BCUT2D eigenvalue weighted by molar-refractivity contribution is 0.0953. The minimum atomic E-state index is -0.361. The molecular weight excluding hydrogens is 252 g/mol. The van der Waals surface area contributed by atoms with E-state index in [1.165, 1.54) is 11.3 Å². The van der Waals surface area contributed by atoms with Gasteiger partial charge in [0.25, 0.3) is 5.91 Å². The minimum absolute atomic E-state index is 0.361. The van der Waals surface area contributed by atoms with E-state index in [0.29, 0.717) is 18.1 Å². The van der Waals surface area contributed by atoms with Crippen molar-refractivity contribution >= 4 is 17.2 Å². The highest BCUT2D eigenvalue weighted by Crippen LogP contribution is 2.12. The lowest BCUT2D eigenvalue weighted by atomic mass is 10.4. The Labute approximate surface area is 108 Å². The van der Waals surface area contributed by atoms with Crippen molar-refractivity contribution < 1.29 is 9.21 Å². The van der Waals surface area contributed by atoms with Crippen LogP contribution in [0.4, 0.5) is 0 Å². The molecule has 7 heteroatoms. The van der Waals surface area contributed by atoms with Gasteiger partial charge >= 0.3 is 0 Å². The summed E-state index contributed by atoms with van der Waals surface area (Å²) in [4.78, 5) is 17.5. The molecule has 2 aromatic rings. The van der Waals surface area contributed by atoms with E-state index >= 15 is 0 Å². The molecule has 0 saturated carbocycles. The topological polar surface area (TPSA) is 84.4 Å². The number of hydrogen-bond donors (Lipinski definition) is 2. The van der Waals surface area contributed by atoms with Crippen LogP contribution in [-0.4, -0.2) is 22.8 Å². The van der Waals surface area contributed by atoms with Crippen LogP contribution in [0, 0.1) is 0 Å². The average molecular weight is 266 g/mol. The second-order valence-electron chi connectivity index (χ2n) is 3.87. The van der Waals surface area contributed by atoms with Crippen LogP contribution in [0.5, 0.6) is 0 Å². The normalized spacial score (nSPS) is 10.8. The highest BCUT2D eigenvalue weighted by Gasteiger charge is 2.11. The van der Waals surface area contributed by atoms with Gasteiger partial charge in [-0.2, -0.15) is 0 Å². The summed E-state index contributed by atoms with van der Waals surface area (Å²) < 4.78 is 5.26. The molecule has 1 amide bonds. The van der Waals surface area contributed by atoms with Crippen LogP contribution in [0.2, 0.25) is 0 Å². The molecule has 0 radical (unpaired) electrons. The zero-order chi connectivity index (χ0) is 13.0. The molecule has 0 aliphatic heterocycles. The van der Waals surface area contributed by atoms with E-state index < -0.39 is 0 Å². The molecule has 0 spiro atoms. The Balaban J connectivity index is 1.92. The first kappa shape index (κ1) is 12.7. The molecule has 0 aliphatic carbocycles. The van der Waals surface area contributed by atoms with Gasteiger partial charge in [0.1, 0.15) is 5.76 Å². The SMILES string of the molecule is CN(Cc1csc(C(=O)NN)n1)Cc1ccco1. The van der Waals surface area contributed by atoms with Crippen molar-refractivity contribution in [1.29, 1.82) is 0 Å². The maximum atomic E-state index is 11.3. The Hall–Kier alpha value is -1.70. The summed E-state index contributed by atoms with van der Waals surface area (Å²) in [6.07, 6.45) is 1.65. The van der Waals surface area contributed by atoms with Crippen molar-refractivity contribution in [3.05, 3.63) is 40.2 Å². The van der Waals surface area contributed by atoms with Crippen molar-refractivity contribution in [1.82, 2.24) is 15.3 Å². The number of hydrogen-bond acceptors (Lipinski definition) is 6. The number of nitrogens with zero attached hydrogens (tertiary/aromatic N) is 2. The molecular formula is C11H14N4O2S. The standard InChI is InChI=1S/C11H14N4O2S/c1-15(6-9-3-2-4-17-9)5-8-7-18-11(13-8)10(16)14-12/h2-4,7H,5-6,12H2,1H3,(H,14,16). The Morgan fingerprint density at radius 3 is 3.11 bits per heavy atom. The molecule has 0 aliphatic rings. The number of carbonyl (C=O) groups excluding carboxylic acids is 1. The van der Waals surface area contributed by atoms with Crippen LogP contribution in [-0.2, 0) is 13.1 Å². The largest absolute Gasteiger partial charge is 0.468 e. The Morgan fingerprint density at radius 2 is 2.44 bits per heavy atom. The molecule has 0 bridgehead atoms. The first-order valence-corrected chi connectivity index (χ1v) is 6.23. The highest BCUT2D eigenvalue weighted by atomic mass is 32.1. The first-order chi connectivity index (χ1) is 8.69. The van der Waals surface area contributed by atoms with E-state index in [1.807, 2.05) is 24.6 Å². The Kier molecular flexibility index (Phi) is 4.08. The van der Waals surface area contributed by atoms with E-state index in [-0.39, 0.29) is 5.91 Å². The molecule has 0 unspecified atom stereocenters. The van der Waals surface area contributed by atoms with Crippen LogP contribution < -0.4 is 11.3 Å². The Morgan fingerprint density at radius 1 is 1.61 bits per heavy atom. The minimum Gasteiger partial charge on any atom is -0.468 e. The number of nitrogen functional groups attached to an aromatic ring is 1. The molecule has 2 rings (SSSR count). The number of nitrogens with two attached hydrogens (primary N) is 1. The summed E-state index contributed by atoms with van der Waals surface area (Å²) in [5.74, 6) is 5.58. The number of aromatic nitrogens is 1. The van der Waals surface area contributed by atoms with E-state index in [9.17, 15) is 4.79 Å². The van der Waals surface area contributed by atoms with E-state index in [1.54, 1.807) is 6.26 Å². The predicted molar refractivity (Wildman–Crippen MR) is 67.6 cm³/mol. The summed E-state index contributed by atoms with van der Waals surface area (Å²) in [5, 5.41) is 2.22. The number of nitrogens with one attached hydrogen (secondary N) is 1. The fourth-order valence-corrected chi connectivity index (χ4v) is 2.26. The van der Waals surface area contributed by atoms with E-state index in [2.05, 4.69) is 15.3 Å². The molecule has 6 nitrogen and oxygen atoms in total. The number of rotatable bonds is 5. The molecule has 96 valence electrons. The molecule has 2 aromatic heterocycles. The van der Waals surface area contributed by atoms with Gasteiger partial charge in [-0.05, 0) is 19.2 Å². The number of furan rings is 1. The van der Waals surface area contributed by atoms with Gasteiger partial charge in [0.15, 0.2) is 5.01 Å². The smallest absolute Gasteiger partial charge is 0.294 e. The van der Waals surface area contributed by atoms with Gasteiger partial charge in [0.2, 0.25) is 0 Å². The van der Waals surface area contributed by atoms with Gasteiger partial charge in [-0.1, -0.05) is 0 Å². The zero-order valence-electron chi connectivity index (χ0n) is 9.92. The van der Waals surface area contributed by atoms with E-state index in [0.717, 1.165) is 11.5 Å². The predicted octanol–water partition coefficient (Wildman–Crippen LogP) is 0.972. The van der Waals surface area contributed by atoms with Crippen molar-refractivity contribution in [3.8, 4) is 0 Å². The maximum absolute atomic E-state index is 11.3. The van der Waals surface area contributed by atoms with Gasteiger partial charge in [0, 0.05) is 11.9 Å². The highest BCUT2D eigenvalue weighted by molar-refractivity contribution is 7.11. The molecule has 0 saturated heterocycles. The fraction of sp³-hybridized carbons (Fsp3) is 0.273.